The highest BCUT2D eigenvalue weighted by atomic mass is 16.2. The third-order valence-corrected chi connectivity index (χ3v) is 4.20. The fraction of sp³-hybridized carbons (Fsp3) is 0.263. The quantitative estimate of drug-likeness (QED) is 0.754. The summed E-state index contributed by atoms with van der Waals surface area (Å²) >= 11 is 0. The predicted octanol–water partition coefficient (Wildman–Crippen LogP) is 2.98. The number of anilines is 1. The first-order chi connectivity index (χ1) is 12.3. The topological polar surface area (TPSA) is 103 Å². The van der Waals surface area contributed by atoms with Gasteiger partial charge in [-0.1, -0.05) is 12.1 Å². The van der Waals surface area contributed by atoms with E-state index in [1.807, 2.05) is 20.8 Å². The molecule has 0 atom stereocenters. The van der Waals surface area contributed by atoms with Crippen molar-refractivity contribution >= 4 is 28.5 Å². The maximum absolute atomic E-state index is 12.9. The Morgan fingerprint density at radius 2 is 1.96 bits per heavy atom. The fourth-order valence-corrected chi connectivity index (χ4v) is 3.00. The molecule has 0 aliphatic heterocycles. The number of benzene rings is 1. The number of rotatable bonds is 4. The third kappa shape index (κ3) is 3.03. The molecular formula is C19H21N5O2. The predicted molar refractivity (Wildman–Crippen MR) is 100 cm³/mol. The van der Waals surface area contributed by atoms with Crippen molar-refractivity contribution in [3.63, 3.8) is 0 Å². The third-order valence-electron chi connectivity index (χ3n) is 4.20. The summed E-state index contributed by atoms with van der Waals surface area (Å²) in [6, 6.07) is 7.03. The van der Waals surface area contributed by atoms with Gasteiger partial charge in [0, 0.05) is 11.7 Å². The number of pyridine rings is 1. The van der Waals surface area contributed by atoms with E-state index in [0.29, 0.717) is 39.1 Å². The second kappa shape index (κ2) is 6.59. The smallest absolute Gasteiger partial charge is 0.256 e. The average molecular weight is 351 g/mol. The van der Waals surface area contributed by atoms with Crippen molar-refractivity contribution in [2.75, 3.05) is 5.32 Å². The lowest BCUT2D eigenvalue weighted by Crippen LogP contribution is -2.19. The Morgan fingerprint density at radius 3 is 2.62 bits per heavy atom. The van der Waals surface area contributed by atoms with Crippen LogP contribution in [0.3, 0.4) is 0 Å². The van der Waals surface area contributed by atoms with E-state index in [1.54, 1.807) is 42.1 Å². The van der Waals surface area contributed by atoms with Crippen molar-refractivity contribution in [2.24, 2.45) is 5.73 Å². The molecule has 0 aliphatic carbocycles. The Bertz CT molecular complexity index is 1020. The van der Waals surface area contributed by atoms with Gasteiger partial charge in [0.25, 0.3) is 11.8 Å². The molecule has 134 valence electrons. The van der Waals surface area contributed by atoms with Gasteiger partial charge in [-0.25, -0.2) is 9.67 Å². The zero-order valence-electron chi connectivity index (χ0n) is 15.2. The van der Waals surface area contributed by atoms with Gasteiger partial charge in [0.1, 0.15) is 0 Å². The standard InChI is InChI=1S/C19H21N5O2/c1-10(2)24-18-14(9-21-24)13(8-12(4)22-18)19(26)23-15-7-5-6-11(3)16(15)17(20)25/h5-10H,1-4H3,(H2,20,25)(H,23,26). The number of carbonyl (C=O) groups is 2. The number of aryl methyl sites for hydroxylation is 2. The molecule has 2 amide bonds. The first kappa shape index (κ1) is 17.6. The van der Waals surface area contributed by atoms with Gasteiger partial charge in [-0.3, -0.25) is 9.59 Å². The number of carbonyl (C=O) groups excluding carboxylic acids is 2. The van der Waals surface area contributed by atoms with Gasteiger partial charge in [0.05, 0.1) is 28.4 Å². The van der Waals surface area contributed by atoms with E-state index in [9.17, 15) is 9.59 Å². The molecule has 2 aromatic heterocycles. The van der Waals surface area contributed by atoms with E-state index in [0.717, 1.165) is 0 Å². The summed E-state index contributed by atoms with van der Waals surface area (Å²) in [5, 5.41) is 7.81. The minimum Gasteiger partial charge on any atom is -0.366 e. The van der Waals surface area contributed by atoms with Crippen LogP contribution in [0.15, 0.2) is 30.5 Å². The number of hydrogen-bond donors (Lipinski definition) is 2. The Balaban J connectivity index is 2.07. The van der Waals surface area contributed by atoms with Gasteiger partial charge < -0.3 is 11.1 Å². The summed E-state index contributed by atoms with van der Waals surface area (Å²) in [7, 11) is 0. The summed E-state index contributed by atoms with van der Waals surface area (Å²) in [5.74, 6) is -0.918. The van der Waals surface area contributed by atoms with E-state index in [2.05, 4.69) is 15.4 Å². The molecule has 0 saturated carbocycles. The van der Waals surface area contributed by atoms with E-state index in [-0.39, 0.29) is 11.9 Å². The van der Waals surface area contributed by atoms with Crippen LogP contribution < -0.4 is 11.1 Å². The Labute approximate surface area is 151 Å². The van der Waals surface area contributed by atoms with Crippen LogP contribution in [0, 0.1) is 13.8 Å². The van der Waals surface area contributed by atoms with E-state index in [4.69, 9.17) is 5.73 Å². The molecule has 0 aliphatic rings. The molecule has 0 fully saturated rings. The lowest BCUT2D eigenvalue weighted by atomic mass is 10.1. The van der Waals surface area contributed by atoms with Crippen molar-refractivity contribution < 1.29 is 9.59 Å². The molecular weight excluding hydrogens is 330 g/mol. The summed E-state index contributed by atoms with van der Waals surface area (Å²) in [5.41, 5.74) is 8.70. The maximum atomic E-state index is 12.9. The van der Waals surface area contributed by atoms with Gasteiger partial charge in [0.2, 0.25) is 0 Å². The van der Waals surface area contributed by atoms with Gasteiger partial charge >= 0.3 is 0 Å². The normalized spacial score (nSPS) is 11.1. The first-order valence-corrected chi connectivity index (χ1v) is 8.35. The van der Waals surface area contributed by atoms with Crippen LogP contribution in [0.5, 0.6) is 0 Å². The Kier molecular flexibility index (Phi) is 4.46. The molecule has 3 N–H and O–H groups in total. The maximum Gasteiger partial charge on any atom is 0.256 e. The van der Waals surface area contributed by atoms with Crippen molar-refractivity contribution in [1.29, 1.82) is 0 Å². The number of nitrogens with one attached hydrogen (secondary N) is 1. The first-order valence-electron chi connectivity index (χ1n) is 8.35. The Morgan fingerprint density at radius 1 is 1.23 bits per heavy atom. The second-order valence-electron chi connectivity index (χ2n) is 6.55. The molecule has 3 aromatic rings. The van der Waals surface area contributed by atoms with E-state index >= 15 is 0 Å². The molecule has 7 heteroatoms. The second-order valence-corrected chi connectivity index (χ2v) is 6.55. The molecule has 1 aromatic carbocycles. The molecule has 7 nitrogen and oxygen atoms in total. The highest BCUT2D eigenvalue weighted by Gasteiger charge is 2.19. The van der Waals surface area contributed by atoms with Crippen molar-refractivity contribution in [3.8, 4) is 0 Å². The number of aromatic nitrogens is 3. The molecule has 0 radical (unpaired) electrons. The number of fused-ring (bicyclic) bond motifs is 1. The largest absolute Gasteiger partial charge is 0.366 e. The number of amides is 2. The SMILES string of the molecule is Cc1cc(C(=O)Nc2cccc(C)c2C(N)=O)c2cnn(C(C)C)c2n1. The van der Waals surface area contributed by atoms with Crippen molar-refractivity contribution in [1.82, 2.24) is 14.8 Å². The zero-order chi connectivity index (χ0) is 19.0. The summed E-state index contributed by atoms with van der Waals surface area (Å²) in [6.07, 6.45) is 1.64. The van der Waals surface area contributed by atoms with Crippen molar-refractivity contribution in [2.45, 2.75) is 33.7 Å². The minimum absolute atomic E-state index is 0.121. The van der Waals surface area contributed by atoms with Crippen LogP contribution >= 0.6 is 0 Å². The van der Waals surface area contributed by atoms with Crippen LogP contribution in [0.25, 0.3) is 11.0 Å². The molecule has 3 rings (SSSR count). The van der Waals surface area contributed by atoms with Gasteiger partial charge in [-0.05, 0) is 45.4 Å². The van der Waals surface area contributed by atoms with E-state index < -0.39 is 5.91 Å². The zero-order valence-corrected chi connectivity index (χ0v) is 15.2. The molecule has 26 heavy (non-hydrogen) atoms. The van der Waals surface area contributed by atoms with Crippen LogP contribution in [0.1, 0.15) is 51.9 Å². The molecule has 0 unspecified atom stereocenters. The fourth-order valence-electron chi connectivity index (χ4n) is 3.00. The molecule has 2 heterocycles. The number of nitrogens with zero attached hydrogens (tertiary/aromatic N) is 3. The molecule has 0 saturated heterocycles. The lowest BCUT2D eigenvalue weighted by Gasteiger charge is -2.12. The number of hydrogen-bond acceptors (Lipinski definition) is 4. The van der Waals surface area contributed by atoms with Crippen LogP contribution in [-0.2, 0) is 0 Å². The van der Waals surface area contributed by atoms with Gasteiger partial charge in [-0.2, -0.15) is 5.10 Å². The van der Waals surface area contributed by atoms with Crippen molar-refractivity contribution in [3.05, 3.63) is 52.8 Å². The highest BCUT2D eigenvalue weighted by Crippen LogP contribution is 2.24. The van der Waals surface area contributed by atoms with Crippen LogP contribution in [0.4, 0.5) is 5.69 Å². The lowest BCUT2D eigenvalue weighted by molar-refractivity contribution is 0.100. The van der Waals surface area contributed by atoms with E-state index in [1.165, 1.54) is 0 Å². The number of nitrogens with two attached hydrogens (primary N) is 1. The summed E-state index contributed by atoms with van der Waals surface area (Å²) < 4.78 is 1.78. The molecule has 0 bridgehead atoms. The van der Waals surface area contributed by atoms with Gasteiger partial charge in [0.15, 0.2) is 5.65 Å². The Hall–Kier alpha value is -3.22. The van der Waals surface area contributed by atoms with Crippen LogP contribution in [-0.4, -0.2) is 26.6 Å². The minimum atomic E-state index is -0.581. The average Bonchev–Trinajstić information content (AvgIpc) is 2.97. The highest BCUT2D eigenvalue weighted by molar-refractivity contribution is 6.14. The monoisotopic (exact) mass is 351 g/mol. The summed E-state index contributed by atoms with van der Waals surface area (Å²) in [4.78, 5) is 29.2. The van der Waals surface area contributed by atoms with Gasteiger partial charge in [-0.15, -0.1) is 0 Å². The van der Waals surface area contributed by atoms with Crippen LogP contribution in [0.2, 0.25) is 0 Å². The molecule has 0 spiro atoms. The summed E-state index contributed by atoms with van der Waals surface area (Å²) in [6.45, 7) is 7.61. The number of primary amides is 1.